The van der Waals surface area contributed by atoms with Gasteiger partial charge in [-0.2, -0.15) is 9.61 Å². The lowest BCUT2D eigenvalue weighted by Gasteiger charge is -2.41. The van der Waals surface area contributed by atoms with Crippen LogP contribution in [-0.2, 0) is 32.2 Å². The van der Waals surface area contributed by atoms with E-state index in [1.165, 1.54) is 12.1 Å². The maximum absolute atomic E-state index is 14.2. The fourth-order valence-corrected chi connectivity index (χ4v) is 5.68. The number of carbonyl (C=O) groups is 1. The van der Waals surface area contributed by atoms with Crippen LogP contribution in [0.3, 0.4) is 0 Å². The number of aryl methyl sites for hydroxylation is 1. The summed E-state index contributed by atoms with van der Waals surface area (Å²) in [5, 5.41) is 15.2. The molecule has 3 aliphatic rings. The minimum absolute atomic E-state index is 0.118. The molecule has 1 saturated heterocycles. The summed E-state index contributed by atoms with van der Waals surface area (Å²) in [5.74, 6) is -0.264. The number of piperidine rings is 1. The summed E-state index contributed by atoms with van der Waals surface area (Å²) in [4.78, 5) is 19.6. The second kappa shape index (κ2) is 12.8. The second-order valence-electron chi connectivity index (χ2n) is 12.9. The number of rotatable bonds is 3. The molecular formula is C33H43FN4O6. The Bertz CT molecular complexity index is 1520. The monoisotopic (exact) mass is 610 g/mol. The lowest BCUT2D eigenvalue weighted by Crippen LogP contribution is -2.45. The number of fused-ring (bicyclic) bond motifs is 9. The number of ether oxygens (including phenoxy) is 4. The fourth-order valence-electron chi connectivity index (χ4n) is 5.68. The zero-order valence-corrected chi connectivity index (χ0v) is 26.4. The Labute approximate surface area is 257 Å². The molecule has 3 aromatic rings. The number of hydrogen-bond acceptors (Lipinski definition) is 8. The number of aliphatic carboxylic acids is 1. The van der Waals surface area contributed by atoms with Crippen LogP contribution in [0.25, 0.3) is 5.65 Å². The number of aromatic nitrogens is 3. The third-order valence-electron chi connectivity index (χ3n) is 7.95. The lowest BCUT2D eigenvalue weighted by molar-refractivity contribution is -0.160. The summed E-state index contributed by atoms with van der Waals surface area (Å²) in [6.45, 7) is 13.4. The zero-order valence-electron chi connectivity index (χ0n) is 26.4. The van der Waals surface area contributed by atoms with Crippen LogP contribution in [0.1, 0.15) is 82.5 Å². The first-order valence-corrected chi connectivity index (χ1v) is 15.2. The Morgan fingerprint density at radius 2 is 1.93 bits per heavy atom. The first-order chi connectivity index (χ1) is 20.8. The molecule has 0 amide bonds. The van der Waals surface area contributed by atoms with E-state index in [-0.39, 0.29) is 30.7 Å². The molecule has 4 bridgehead atoms. The quantitative estimate of drug-likeness (QED) is 0.361. The summed E-state index contributed by atoms with van der Waals surface area (Å²) in [5.41, 5.74) is 1.75. The van der Waals surface area contributed by atoms with Gasteiger partial charge in [-0.15, -0.1) is 0 Å². The van der Waals surface area contributed by atoms with E-state index in [0.29, 0.717) is 65.8 Å². The van der Waals surface area contributed by atoms with Crippen LogP contribution in [0.2, 0.25) is 0 Å². The Balaban J connectivity index is 1.57. The largest absolute Gasteiger partial charge is 0.490 e. The number of benzene rings is 1. The van der Waals surface area contributed by atoms with Crippen molar-refractivity contribution in [3.05, 3.63) is 64.7 Å². The second-order valence-corrected chi connectivity index (χ2v) is 12.9. The first kappa shape index (κ1) is 31.9. The summed E-state index contributed by atoms with van der Waals surface area (Å²) in [6, 6.07) is 6.25. The summed E-state index contributed by atoms with van der Waals surface area (Å²) in [7, 11) is 0. The summed E-state index contributed by atoms with van der Waals surface area (Å²) < 4.78 is 40.5. The highest BCUT2D eigenvalue weighted by Gasteiger charge is 2.37. The van der Waals surface area contributed by atoms with Crippen molar-refractivity contribution in [2.45, 2.75) is 97.4 Å². The third kappa shape index (κ3) is 7.39. The molecule has 0 radical (unpaired) electrons. The van der Waals surface area contributed by atoms with Crippen molar-refractivity contribution in [1.29, 1.82) is 0 Å². The van der Waals surface area contributed by atoms with Crippen LogP contribution in [0.15, 0.2) is 36.4 Å². The van der Waals surface area contributed by atoms with Crippen LogP contribution in [-0.4, -0.2) is 62.7 Å². The lowest BCUT2D eigenvalue weighted by atomic mass is 9.92. The first-order valence-electron chi connectivity index (χ1n) is 15.2. The Kier molecular flexibility index (Phi) is 9.29. The molecule has 6 rings (SSSR count). The van der Waals surface area contributed by atoms with E-state index in [2.05, 4.69) is 11.8 Å². The molecule has 2 atom stereocenters. The highest BCUT2D eigenvalue weighted by molar-refractivity contribution is 5.78. The standard InChI is InChI=1S/C33H43FN4O6/c1-21-9-7-8-16-42-33(6)12-14-37(15-13-33)30-28(29(31(39)40)44-32(3,4)5)22(2)35-27-18-25(36-38(27)30)20-41-19-23-17-24(34)10-11-26(23)43-21/h7-8,10-11,17-18,21,29H,9,12-16,19-20H2,1-6H3,(H,39,40)/t21-,29-/m0/s1. The number of carboxylic acids is 1. The highest BCUT2D eigenvalue weighted by Crippen LogP contribution is 2.38. The highest BCUT2D eigenvalue weighted by atomic mass is 19.1. The van der Waals surface area contributed by atoms with Crippen molar-refractivity contribution in [3.63, 3.8) is 0 Å². The van der Waals surface area contributed by atoms with Gasteiger partial charge in [0.1, 0.15) is 17.4 Å². The van der Waals surface area contributed by atoms with Crippen molar-refractivity contribution < 1.29 is 33.2 Å². The molecule has 2 aromatic heterocycles. The van der Waals surface area contributed by atoms with Gasteiger partial charge in [-0.25, -0.2) is 14.2 Å². The number of anilines is 1. The van der Waals surface area contributed by atoms with E-state index in [1.54, 1.807) is 17.5 Å². The zero-order chi connectivity index (χ0) is 31.6. The van der Waals surface area contributed by atoms with E-state index in [1.807, 2.05) is 45.9 Å². The van der Waals surface area contributed by atoms with Gasteiger partial charge in [0, 0.05) is 36.8 Å². The number of nitrogens with zero attached hydrogens (tertiary/aromatic N) is 4. The van der Waals surface area contributed by atoms with Crippen LogP contribution in [0, 0.1) is 12.7 Å². The van der Waals surface area contributed by atoms with Crippen molar-refractivity contribution in [1.82, 2.24) is 14.6 Å². The summed E-state index contributed by atoms with van der Waals surface area (Å²) >= 11 is 0. The molecule has 0 aliphatic carbocycles. The molecule has 10 nitrogen and oxygen atoms in total. The van der Waals surface area contributed by atoms with Gasteiger partial charge in [0.15, 0.2) is 11.8 Å². The van der Waals surface area contributed by atoms with Gasteiger partial charge in [-0.3, -0.25) is 0 Å². The van der Waals surface area contributed by atoms with E-state index >= 15 is 0 Å². The molecule has 1 N–H and O–H groups in total. The molecule has 0 spiro atoms. The number of carboxylic acid groups (broad SMARTS) is 1. The van der Waals surface area contributed by atoms with Gasteiger partial charge >= 0.3 is 5.97 Å². The Morgan fingerprint density at radius 3 is 2.64 bits per heavy atom. The average Bonchev–Trinajstić information content (AvgIpc) is 3.34. The van der Waals surface area contributed by atoms with Crippen molar-refractivity contribution in [2.75, 3.05) is 24.6 Å². The van der Waals surface area contributed by atoms with E-state index in [4.69, 9.17) is 29.0 Å². The van der Waals surface area contributed by atoms with Crippen LogP contribution in [0.4, 0.5) is 10.2 Å². The average molecular weight is 611 g/mol. The maximum Gasteiger partial charge on any atom is 0.337 e. The molecule has 0 unspecified atom stereocenters. The molecule has 1 fully saturated rings. The van der Waals surface area contributed by atoms with Gasteiger partial charge in [0.25, 0.3) is 0 Å². The number of hydrogen-bond donors (Lipinski definition) is 1. The topological polar surface area (TPSA) is 108 Å². The molecule has 3 aliphatic heterocycles. The van der Waals surface area contributed by atoms with Gasteiger partial charge in [0.05, 0.1) is 48.4 Å². The van der Waals surface area contributed by atoms with Crippen molar-refractivity contribution in [2.24, 2.45) is 0 Å². The Hall–Kier alpha value is -3.54. The molecule has 44 heavy (non-hydrogen) atoms. The number of halogens is 1. The van der Waals surface area contributed by atoms with Crippen LogP contribution >= 0.6 is 0 Å². The fraction of sp³-hybridized carbons (Fsp3) is 0.545. The van der Waals surface area contributed by atoms with Gasteiger partial charge < -0.3 is 29.0 Å². The molecule has 1 aromatic carbocycles. The summed E-state index contributed by atoms with van der Waals surface area (Å²) in [6.07, 6.45) is 4.82. The molecule has 0 saturated carbocycles. The third-order valence-corrected chi connectivity index (χ3v) is 7.95. The SMILES string of the molecule is Cc1nc2cc3nn2c(c1[C@H](OC(C)(C)C)C(=O)O)N1CCC(C)(CC1)OCC=CC[C@H](C)Oc1ccc(F)cc1COC3. The van der Waals surface area contributed by atoms with Gasteiger partial charge in [-0.05, 0) is 72.6 Å². The Morgan fingerprint density at radius 1 is 1.18 bits per heavy atom. The van der Waals surface area contributed by atoms with Crippen molar-refractivity contribution in [3.8, 4) is 5.75 Å². The molecular weight excluding hydrogens is 567 g/mol. The minimum Gasteiger partial charge on any atom is -0.490 e. The van der Waals surface area contributed by atoms with Gasteiger partial charge in [0.2, 0.25) is 0 Å². The predicted octanol–water partition coefficient (Wildman–Crippen LogP) is 5.94. The smallest absolute Gasteiger partial charge is 0.337 e. The maximum atomic E-state index is 14.2. The molecule has 5 heterocycles. The molecule has 238 valence electrons. The van der Waals surface area contributed by atoms with E-state index < -0.39 is 17.7 Å². The van der Waals surface area contributed by atoms with E-state index in [9.17, 15) is 14.3 Å². The van der Waals surface area contributed by atoms with Crippen LogP contribution < -0.4 is 9.64 Å². The van der Waals surface area contributed by atoms with E-state index in [0.717, 1.165) is 12.8 Å². The van der Waals surface area contributed by atoms with Crippen LogP contribution in [0.5, 0.6) is 5.75 Å². The van der Waals surface area contributed by atoms with Gasteiger partial charge in [-0.1, -0.05) is 12.2 Å². The predicted molar refractivity (Wildman–Crippen MR) is 163 cm³/mol. The normalized spacial score (nSPS) is 22.5. The van der Waals surface area contributed by atoms with Crippen molar-refractivity contribution >= 4 is 17.4 Å². The minimum atomic E-state index is -1.25. The molecule has 11 heteroatoms.